The van der Waals surface area contributed by atoms with Gasteiger partial charge in [0.25, 0.3) is 6.43 Å². The lowest BCUT2D eigenvalue weighted by atomic mass is 9.78. The van der Waals surface area contributed by atoms with E-state index >= 15 is 0 Å². The van der Waals surface area contributed by atoms with Crippen molar-refractivity contribution in [2.24, 2.45) is 0 Å². The quantitative estimate of drug-likeness (QED) is 0.617. The zero-order valence-corrected chi connectivity index (χ0v) is 14.0. The smallest absolute Gasteiger partial charge is 0.487 e. The minimum atomic E-state index is -2.60. The standard InChI is InChI=1S/C16H21BF2O4/c1-10(20)12-8-11(6-7-13(12)21-9-14(18)19)17-22-15(2,3)16(4,5)23-17/h6-8,14H,9H2,1-5H3. The number of halogens is 2. The number of ketones is 1. The number of rotatable bonds is 5. The summed E-state index contributed by atoms with van der Waals surface area (Å²) >= 11 is 0. The molecule has 0 radical (unpaired) electrons. The molecule has 2 rings (SSSR count). The summed E-state index contributed by atoms with van der Waals surface area (Å²) in [4.78, 5) is 11.8. The molecule has 4 nitrogen and oxygen atoms in total. The maximum Gasteiger partial charge on any atom is 0.494 e. The fraction of sp³-hybridized carbons (Fsp3) is 0.562. The van der Waals surface area contributed by atoms with Crippen molar-refractivity contribution in [1.82, 2.24) is 0 Å². The van der Waals surface area contributed by atoms with Crippen LogP contribution >= 0.6 is 0 Å². The first-order valence-corrected chi connectivity index (χ1v) is 7.45. The molecule has 1 heterocycles. The van der Waals surface area contributed by atoms with Crippen LogP contribution in [0.5, 0.6) is 5.75 Å². The van der Waals surface area contributed by atoms with Crippen LogP contribution in [-0.2, 0) is 9.31 Å². The fourth-order valence-corrected chi connectivity index (χ4v) is 2.23. The molecule has 1 aromatic carbocycles. The predicted octanol–water partition coefficient (Wildman–Crippen LogP) is 2.83. The molecule has 1 aliphatic heterocycles. The second kappa shape index (κ2) is 6.21. The number of benzene rings is 1. The van der Waals surface area contributed by atoms with Gasteiger partial charge in [-0.25, -0.2) is 8.78 Å². The maximum absolute atomic E-state index is 12.3. The molecule has 7 heteroatoms. The van der Waals surface area contributed by atoms with E-state index in [9.17, 15) is 13.6 Å². The molecule has 0 spiro atoms. The first-order valence-electron chi connectivity index (χ1n) is 7.45. The van der Waals surface area contributed by atoms with Crippen LogP contribution in [0, 0.1) is 0 Å². The molecule has 0 aromatic heterocycles. The Bertz CT molecular complexity index is 586. The molecule has 23 heavy (non-hydrogen) atoms. The summed E-state index contributed by atoms with van der Waals surface area (Å²) in [5.74, 6) is -0.134. The molecule has 1 aromatic rings. The average Bonchev–Trinajstić information content (AvgIpc) is 2.64. The first-order chi connectivity index (χ1) is 10.5. The van der Waals surface area contributed by atoms with Crippen molar-refractivity contribution >= 4 is 18.4 Å². The predicted molar refractivity (Wildman–Crippen MR) is 83.7 cm³/mol. The normalized spacial score (nSPS) is 19.2. The van der Waals surface area contributed by atoms with Crippen molar-refractivity contribution in [3.63, 3.8) is 0 Å². The summed E-state index contributed by atoms with van der Waals surface area (Å²) < 4.78 is 41.5. The number of alkyl halides is 2. The Morgan fingerprint density at radius 2 is 1.78 bits per heavy atom. The highest BCUT2D eigenvalue weighted by Crippen LogP contribution is 2.36. The van der Waals surface area contributed by atoms with Gasteiger partial charge in [-0.05, 0) is 52.2 Å². The summed E-state index contributed by atoms with van der Waals surface area (Å²) in [6.45, 7) is 8.32. The van der Waals surface area contributed by atoms with E-state index in [4.69, 9.17) is 14.0 Å². The molecule has 0 saturated carbocycles. The zero-order valence-electron chi connectivity index (χ0n) is 14.0. The average molecular weight is 326 g/mol. The lowest BCUT2D eigenvalue weighted by molar-refractivity contribution is 0.00578. The molecule has 126 valence electrons. The maximum atomic E-state index is 12.3. The second-order valence-electron chi connectivity index (χ2n) is 6.60. The number of ether oxygens (including phenoxy) is 1. The zero-order chi connectivity index (χ0) is 17.4. The molecule has 0 N–H and O–H groups in total. The van der Waals surface area contributed by atoms with Gasteiger partial charge in [0.15, 0.2) is 5.78 Å². The van der Waals surface area contributed by atoms with E-state index in [2.05, 4.69) is 0 Å². The molecular formula is C16H21BF2O4. The fourth-order valence-electron chi connectivity index (χ4n) is 2.23. The third-order valence-corrected chi connectivity index (χ3v) is 4.27. The van der Waals surface area contributed by atoms with Crippen molar-refractivity contribution in [2.45, 2.75) is 52.2 Å². The third-order valence-electron chi connectivity index (χ3n) is 4.27. The van der Waals surface area contributed by atoms with Gasteiger partial charge < -0.3 is 14.0 Å². The van der Waals surface area contributed by atoms with Gasteiger partial charge in [-0.2, -0.15) is 0 Å². The van der Waals surface area contributed by atoms with Crippen LogP contribution < -0.4 is 10.2 Å². The topological polar surface area (TPSA) is 44.8 Å². The van der Waals surface area contributed by atoms with Gasteiger partial charge in [-0.1, -0.05) is 6.07 Å². The van der Waals surface area contributed by atoms with Crippen LogP contribution in [-0.4, -0.2) is 37.1 Å². The second-order valence-corrected chi connectivity index (χ2v) is 6.60. The summed E-state index contributed by atoms with van der Waals surface area (Å²) in [6.07, 6.45) is -2.60. The largest absolute Gasteiger partial charge is 0.494 e. The highest BCUT2D eigenvalue weighted by molar-refractivity contribution is 6.62. The van der Waals surface area contributed by atoms with Gasteiger partial charge in [-0.3, -0.25) is 4.79 Å². The van der Waals surface area contributed by atoms with Gasteiger partial charge in [-0.15, -0.1) is 0 Å². The van der Waals surface area contributed by atoms with Crippen LogP contribution in [0.1, 0.15) is 45.0 Å². The van der Waals surface area contributed by atoms with Crippen LogP contribution in [0.15, 0.2) is 18.2 Å². The molecule has 1 aliphatic rings. The molecule has 1 fully saturated rings. The van der Waals surface area contributed by atoms with E-state index in [1.54, 1.807) is 12.1 Å². The van der Waals surface area contributed by atoms with E-state index in [0.717, 1.165) is 0 Å². The molecule has 0 aliphatic carbocycles. The van der Waals surface area contributed by atoms with Crippen molar-refractivity contribution in [3.05, 3.63) is 23.8 Å². The minimum Gasteiger partial charge on any atom is -0.487 e. The monoisotopic (exact) mass is 326 g/mol. The Balaban J connectivity index is 2.28. The Kier molecular flexibility index (Phi) is 4.82. The van der Waals surface area contributed by atoms with Crippen molar-refractivity contribution in [2.75, 3.05) is 6.61 Å². The highest BCUT2D eigenvalue weighted by atomic mass is 19.3. The summed E-state index contributed by atoms with van der Waals surface area (Å²) in [5, 5.41) is 0. The van der Waals surface area contributed by atoms with Gasteiger partial charge in [0.05, 0.1) is 16.8 Å². The number of Topliss-reactive ketones (excluding diaryl/α,β-unsaturated/α-hetero) is 1. The van der Waals surface area contributed by atoms with E-state index in [-0.39, 0.29) is 17.1 Å². The minimum absolute atomic E-state index is 0.137. The van der Waals surface area contributed by atoms with Gasteiger partial charge in [0, 0.05) is 0 Å². The van der Waals surface area contributed by atoms with Crippen molar-refractivity contribution in [3.8, 4) is 5.75 Å². The lowest BCUT2D eigenvalue weighted by Crippen LogP contribution is -2.41. The number of hydrogen-bond donors (Lipinski definition) is 0. The van der Waals surface area contributed by atoms with Crippen molar-refractivity contribution in [1.29, 1.82) is 0 Å². The highest BCUT2D eigenvalue weighted by Gasteiger charge is 2.51. The Morgan fingerprint density at radius 3 is 2.26 bits per heavy atom. The lowest BCUT2D eigenvalue weighted by Gasteiger charge is -2.32. The van der Waals surface area contributed by atoms with E-state index in [1.165, 1.54) is 13.0 Å². The number of carbonyl (C=O) groups excluding carboxylic acids is 1. The van der Waals surface area contributed by atoms with Crippen LogP contribution in [0.2, 0.25) is 0 Å². The molecule has 0 bridgehead atoms. The van der Waals surface area contributed by atoms with Crippen LogP contribution in [0.25, 0.3) is 0 Å². The summed E-state index contributed by atoms with van der Waals surface area (Å²) in [6, 6.07) is 4.74. The molecule has 1 saturated heterocycles. The first kappa shape index (κ1) is 17.9. The number of carbonyl (C=O) groups is 1. The third kappa shape index (κ3) is 3.72. The Hall–Kier alpha value is -1.47. The van der Waals surface area contributed by atoms with E-state index < -0.39 is 31.4 Å². The molecule has 0 amide bonds. The summed E-state index contributed by atoms with van der Waals surface area (Å²) in [5.41, 5.74) is -0.117. The van der Waals surface area contributed by atoms with Crippen LogP contribution in [0.3, 0.4) is 0 Å². The molecule has 0 unspecified atom stereocenters. The molecular weight excluding hydrogens is 305 g/mol. The summed E-state index contributed by atoms with van der Waals surface area (Å²) in [7, 11) is -0.623. The van der Waals surface area contributed by atoms with Gasteiger partial charge >= 0.3 is 7.12 Å². The van der Waals surface area contributed by atoms with Gasteiger partial charge in [0.2, 0.25) is 0 Å². The van der Waals surface area contributed by atoms with Crippen LogP contribution in [0.4, 0.5) is 8.78 Å². The van der Waals surface area contributed by atoms with Gasteiger partial charge in [0.1, 0.15) is 12.4 Å². The number of hydrogen-bond acceptors (Lipinski definition) is 4. The SMILES string of the molecule is CC(=O)c1cc(B2OC(C)(C)C(C)(C)O2)ccc1OCC(F)F. The Labute approximate surface area is 135 Å². The molecule has 0 atom stereocenters. The van der Waals surface area contributed by atoms with E-state index in [1.807, 2.05) is 27.7 Å². The van der Waals surface area contributed by atoms with E-state index in [0.29, 0.717) is 5.46 Å². The van der Waals surface area contributed by atoms with Crippen molar-refractivity contribution < 1.29 is 27.6 Å². The Morgan fingerprint density at radius 1 is 1.22 bits per heavy atom.